The van der Waals surface area contributed by atoms with Crippen LogP contribution in [0, 0.1) is 0 Å². The van der Waals surface area contributed by atoms with Gasteiger partial charge in [0.1, 0.15) is 6.04 Å². The van der Waals surface area contributed by atoms with Crippen LogP contribution in [-0.4, -0.2) is 28.3 Å². The van der Waals surface area contributed by atoms with Crippen LogP contribution in [0.15, 0.2) is 54.6 Å². The van der Waals surface area contributed by atoms with Gasteiger partial charge in [-0.2, -0.15) is 0 Å². The van der Waals surface area contributed by atoms with Crippen LogP contribution >= 0.6 is 0 Å². The molecule has 0 amide bonds. The van der Waals surface area contributed by atoms with Gasteiger partial charge in [0.2, 0.25) is 0 Å². The van der Waals surface area contributed by atoms with E-state index < -0.39 is 18.1 Å². The number of carboxylic acids is 1. The lowest BCUT2D eigenvalue weighted by atomic mass is 9.84. The fourth-order valence-corrected chi connectivity index (χ4v) is 3.35. The topological polar surface area (TPSA) is 57.6 Å². The van der Waals surface area contributed by atoms with E-state index in [1.807, 2.05) is 42.2 Å². The summed E-state index contributed by atoms with van der Waals surface area (Å²) in [5.74, 6) is -0.947. The van der Waals surface area contributed by atoms with E-state index in [4.69, 9.17) is 0 Å². The van der Waals surface area contributed by atoms with Crippen molar-refractivity contribution in [2.75, 3.05) is 6.54 Å². The Hall–Kier alpha value is -2.46. The van der Waals surface area contributed by atoms with Crippen molar-refractivity contribution in [1.29, 1.82) is 0 Å². The van der Waals surface area contributed by atoms with Crippen molar-refractivity contribution in [3.63, 3.8) is 0 Å². The smallest absolute Gasteiger partial charge is 0.325 e. The SMILES string of the molecule is CCCN1C(c2ccccc2)C(=O)c2ccccc2C1C(=O)O. The number of benzene rings is 2. The number of ketones is 1. The summed E-state index contributed by atoms with van der Waals surface area (Å²) in [7, 11) is 0. The molecule has 0 aromatic heterocycles. The van der Waals surface area contributed by atoms with Gasteiger partial charge in [-0.15, -0.1) is 0 Å². The number of carboxylic acid groups (broad SMARTS) is 1. The highest BCUT2D eigenvalue weighted by Gasteiger charge is 2.43. The van der Waals surface area contributed by atoms with Crippen LogP contribution in [0.4, 0.5) is 0 Å². The Morgan fingerprint density at radius 1 is 1.09 bits per heavy atom. The number of hydrogen-bond donors (Lipinski definition) is 1. The van der Waals surface area contributed by atoms with Crippen LogP contribution in [0.25, 0.3) is 0 Å². The summed E-state index contributed by atoms with van der Waals surface area (Å²) in [4.78, 5) is 26.8. The van der Waals surface area contributed by atoms with E-state index in [0.29, 0.717) is 17.7 Å². The van der Waals surface area contributed by atoms with Gasteiger partial charge in [-0.1, -0.05) is 61.5 Å². The first-order valence-electron chi connectivity index (χ1n) is 7.81. The Kier molecular flexibility index (Phi) is 4.26. The fourth-order valence-electron chi connectivity index (χ4n) is 3.35. The molecule has 0 aliphatic carbocycles. The van der Waals surface area contributed by atoms with E-state index in [1.54, 1.807) is 24.3 Å². The van der Waals surface area contributed by atoms with Gasteiger partial charge < -0.3 is 5.11 Å². The summed E-state index contributed by atoms with van der Waals surface area (Å²) in [5, 5.41) is 9.78. The maximum absolute atomic E-state index is 13.0. The normalized spacial score (nSPS) is 21.0. The van der Waals surface area contributed by atoms with Crippen molar-refractivity contribution in [3.8, 4) is 0 Å². The minimum atomic E-state index is -0.917. The summed E-state index contributed by atoms with van der Waals surface area (Å²) < 4.78 is 0. The van der Waals surface area contributed by atoms with E-state index in [2.05, 4.69) is 0 Å². The molecule has 0 radical (unpaired) electrons. The van der Waals surface area contributed by atoms with Gasteiger partial charge in [0.25, 0.3) is 0 Å². The van der Waals surface area contributed by atoms with Crippen molar-refractivity contribution in [2.45, 2.75) is 25.4 Å². The summed E-state index contributed by atoms with van der Waals surface area (Å²) in [6.45, 7) is 2.54. The molecule has 4 nitrogen and oxygen atoms in total. The summed E-state index contributed by atoms with van der Waals surface area (Å²) in [5.41, 5.74) is 1.94. The Labute approximate surface area is 135 Å². The Morgan fingerprint density at radius 2 is 1.74 bits per heavy atom. The molecule has 118 valence electrons. The highest BCUT2D eigenvalue weighted by atomic mass is 16.4. The van der Waals surface area contributed by atoms with Gasteiger partial charge in [-0.05, 0) is 17.5 Å². The van der Waals surface area contributed by atoms with Crippen molar-refractivity contribution < 1.29 is 14.7 Å². The molecule has 0 saturated carbocycles. The van der Waals surface area contributed by atoms with Crippen LogP contribution in [0.5, 0.6) is 0 Å². The molecule has 0 bridgehead atoms. The third kappa shape index (κ3) is 2.66. The van der Waals surface area contributed by atoms with E-state index in [-0.39, 0.29) is 5.78 Å². The fraction of sp³-hybridized carbons (Fsp3) is 0.263. The molecule has 23 heavy (non-hydrogen) atoms. The minimum absolute atomic E-state index is 0.0299. The molecule has 1 heterocycles. The zero-order valence-electron chi connectivity index (χ0n) is 13.0. The van der Waals surface area contributed by atoms with Gasteiger partial charge in [0.15, 0.2) is 5.78 Å². The predicted molar refractivity (Wildman–Crippen MR) is 87.3 cm³/mol. The average Bonchev–Trinajstić information content (AvgIpc) is 2.56. The number of fused-ring (bicyclic) bond motifs is 1. The first-order valence-corrected chi connectivity index (χ1v) is 7.81. The second kappa shape index (κ2) is 6.34. The highest BCUT2D eigenvalue weighted by Crippen LogP contribution is 2.40. The zero-order valence-corrected chi connectivity index (χ0v) is 13.0. The molecule has 0 spiro atoms. The molecule has 3 rings (SSSR count). The number of Topliss-reactive ketones (excluding diaryl/α,β-unsaturated/α-hetero) is 1. The van der Waals surface area contributed by atoms with Gasteiger partial charge in [0.05, 0.1) is 6.04 Å². The molecule has 2 aromatic rings. The molecular weight excluding hydrogens is 290 g/mol. The van der Waals surface area contributed by atoms with Crippen LogP contribution in [0.2, 0.25) is 0 Å². The molecule has 2 atom stereocenters. The Bertz CT molecular complexity index is 726. The predicted octanol–water partition coefficient (Wildman–Crippen LogP) is 3.46. The quantitative estimate of drug-likeness (QED) is 0.939. The molecule has 0 fully saturated rings. The molecule has 4 heteroatoms. The molecule has 0 saturated heterocycles. The molecule has 2 unspecified atom stereocenters. The van der Waals surface area contributed by atoms with Crippen LogP contribution in [-0.2, 0) is 4.79 Å². The first kappa shape index (κ1) is 15.4. The third-order valence-electron chi connectivity index (χ3n) is 4.26. The number of carbonyl (C=O) groups is 2. The number of aliphatic carboxylic acids is 1. The Morgan fingerprint density at radius 3 is 2.39 bits per heavy atom. The van der Waals surface area contributed by atoms with Gasteiger partial charge >= 0.3 is 5.97 Å². The van der Waals surface area contributed by atoms with Crippen LogP contribution in [0.1, 0.15) is 46.9 Å². The zero-order chi connectivity index (χ0) is 16.4. The van der Waals surface area contributed by atoms with Crippen molar-refractivity contribution in [3.05, 3.63) is 71.3 Å². The molecule has 1 aliphatic heterocycles. The standard InChI is InChI=1S/C19H19NO3/c1-2-12-20-16(13-8-4-3-5-9-13)18(21)15-11-7-6-10-14(15)17(20)19(22)23/h3-11,16-17H,2,12H2,1H3,(H,22,23). The summed E-state index contributed by atoms with van der Waals surface area (Å²) >= 11 is 0. The maximum atomic E-state index is 13.0. The van der Waals surface area contributed by atoms with Crippen molar-refractivity contribution >= 4 is 11.8 Å². The molecular formula is C19H19NO3. The minimum Gasteiger partial charge on any atom is -0.480 e. The van der Waals surface area contributed by atoms with Gasteiger partial charge in [0, 0.05) is 12.1 Å². The summed E-state index contributed by atoms with van der Waals surface area (Å²) in [6.07, 6.45) is 0.780. The van der Waals surface area contributed by atoms with Gasteiger partial charge in [-0.25, -0.2) is 0 Å². The van der Waals surface area contributed by atoms with Crippen molar-refractivity contribution in [1.82, 2.24) is 4.90 Å². The lowest BCUT2D eigenvalue weighted by molar-refractivity contribution is -0.144. The number of rotatable bonds is 4. The van der Waals surface area contributed by atoms with E-state index in [9.17, 15) is 14.7 Å². The number of hydrogen-bond acceptors (Lipinski definition) is 3. The lowest BCUT2D eigenvalue weighted by Gasteiger charge is -2.40. The van der Waals surface area contributed by atoms with Crippen LogP contribution in [0.3, 0.4) is 0 Å². The first-order chi connectivity index (χ1) is 11.1. The number of carbonyl (C=O) groups excluding carboxylic acids is 1. The van der Waals surface area contributed by atoms with Crippen molar-refractivity contribution in [2.24, 2.45) is 0 Å². The third-order valence-corrected chi connectivity index (χ3v) is 4.26. The van der Waals surface area contributed by atoms with E-state index in [1.165, 1.54) is 0 Å². The average molecular weight is 309 g/mol. The molecule has 2 aromatic carbocycles. The van der Waals surface area contributed by atoms with Gasteiger partial charge in [-0.3, -0.25) is 14.5 Å². The second-order valence-electron chi connectivity index (χ2n) is 5.74. The maximum Gasteiger partial charge on any atom is 0.325 e. The van der Waals surface area contributed by atoms with E-state index in [0.717, 1.165) is 12.0 Å². The molecule has 1 N–H and O–H groups in total. The molecule has 1 aliphatic rings. The number of nitrogens with zero attached hydrogens (tertiary/aromatic N) is 1. The Balaban J connectivity index is 2.19. The second-order valence-corrected chi connectivity index (χ2v) is 5.74. The highest BCUT2D eigenvalue weighted by molar-refractivity contribution is 6.04. The van der Waals surface area contributed by atoms with E-state index >= 15 is 0 Å². The largest absolute Gasteiger partial charge is 0.480 e. The van der Waals surface area contributed by atoms with Crippen LogP contribution < -0.4 is 0 Å². The summed E-state index contributed by atoms with van der Waals surface area (Å²) in [6, 6.07) is 15.1. The lowest BCUT2D eigenvalue weighted by Crippen LogP contribution is -2.45. The monoisotopic (exact) mass is 309 g/mol.